The molecule has 0 N–H and O–H groups in total. The van der Waals surface area contributed by atoms with Crippen molar-refractivity contribution in [3.8, 4) is 5.75 Å². The monoisotopic (exact) mass is 384 g/mol. The van der Waals surface area contributed by atoms with Gasteiger partial charge in [0.25, 0.3) is 0 Å². The number of aldehydes is 1. The van der Waals surface area contributed by atoms with Crippen LogP contribution in [0.1, 0.15) is 55.5 Å². The number of hydrogen-bond acceptors (Lipinski definition) is 4. The van der Waals surface area contributed by atoms with Crippen molar-refractivity contribution >= 4 is 23.8 Å². The van der Waals surface area contributed by atoms with E-state index in [4.69, 9.17) is 4.74 Å². The van der Waals surface area contributed by atoms with Crippen LogP contribution in [0.4, 0.5) is 0 Å². The smallest absolute Gasteiger partial charge is 0.196 e. The summed E-state index contributed by atoms with van der Waals surface area (Å²) in [6, 6.07) is 14.9. The molecule has 0 heterocycles. The van der Waals surface area contributed by atoms with Crippen LogP contribution in [0.5, 0.6) is 5.75 Å². The van der Waals surface area contributed by atoms with Gasteiger partial charge in [0.1, 0.15) is 12.0 Å². The number of methoxy groups -OCH3 is 1. The number of benzene rings is 2. The summed E-state index contributed by atoms with van der Waals surface area (Å²) in [6.45, 7) is 4.21. The summed E-state index contributed by atoms with van der Waals surface area (Å²) in [6.07, 6.45) is 4.99. The minimum absolute atomic E-state index is 0.0574. The number of ketones is 1. The predicted molar refractivity (Wildman–Crippen MR) is 112 cm³/mol. The highest BCUT2D eigenvalue weighted by Crippen LogP contribution is 2.35. The number of rotatable bonds is 11. The lowest BCUT2D eigenvalue weighted by Crippen LogP contribution is -2.24. The molecule has 1 atom stereocenters. The van der Waals surface area contributed by atoms with E-state index < -0.39 is 0 Å². The van der Waals surface area contributed by atoms with E-state index in [9.17, 15) is 9.59 Å². The van der Waals surface area contributed by atoms with E-state index in [1.54, 1.807) is 31.0 Å². The summed E-state index contributed by atoms with van der Waals surface area (Å²) in [5.74, 6) is 1.23. The number of thioether (sulfide) groups is 1. The Morgan fingerprint density at radius 3 is 2.48 bits per heavy atom. The van der Waals surface area contributed by atoms with Gasteiger partial charge in [0.15, 0.2) is 5.78 Å². The fraction of sp³-hybridized carbons (Fsp3) is 0.391. The number of carbonyl (C=O) groups excluding carboxylic acids is 2. The van der Waals surface area contributed by atoms with Crippen LogP contribution in [0.2, 0.25) is 0 Å². The van der Waals surface area contributed by atoms with E-state index in [1.807, 2.05) is 36.4 Å². The zero-order valence-corrected chi connectivity index (χ0v) is 17.2. The number of ether oxygens (including phenoxy) is 1. The molecule has 2 aromatic carbocycles. The highest BCUT2D eigenvalue weighted by atomic mass is 32.2. The van der Waals surface area contributed by atoms with Gasteiger partial charge >= 0.3 is 0 Å². The molecule has 0 aromatic heterocycles. The van der Waals surface area contributed by atoms with Gasteiger partial charge in [0.05, 0.1) is 12.7 Å². The Morgan fingerprint density at radius 2 is 1.89 bits per heavy atom. The molecule has 0 aliphatic carbocycles. The first kappa shape index (κ1) is 21.2. The van der Waals surface area contributed by atoms with Crippen LogP contribution in [0.25, 0.3) is 0 Å². The SMILES string of the molecule is CCCCC(C=O)(CC)CSc1ccc(OC)c(C(=O)c2ccccc2)c1. The first-order valence-electron chi connectivity index (χ1n) is 9.46. The second-order valence-electron chi connectivity index (χ2n) is 6.78. The largest absolute Gasteiger partial charge is 0.496 e. The van der Waals surface area contributed by atoms with Crippen LogP contribution in [0, 0.1) is 5.41 Å². The van der Waals surface area contributed by atoms with Crippen molar-refractivity contribution in [3.05, 3.63) is 59.7 Å². The molecule has 27 heavy (non-hydrogen) atoms. The molecule has 3 nitrogen and oxygen atoms in total. The molecule has 0 spiro atoms. The molecule has 0 saturated heterocycles. The molecule has 1 unspecified atom stereocenters. The molecule has 0 aliphatic heterocycles. The first-order chi connectivity index (χ1) is 13.1. The molecule has 0 bridgehead atoms. The summed E-state index contributed by atoms with van der Waals surface area (Å²) in [5, 5.41) is 0. The molecule has 2 aromatic rings. The van der Waals surface area contributed by atoms with Gasteiger partial charge in [-0.25, -0.2) is 0 Å². The van der Waals surface area contributed by atoms with Crippen LogP contribution in [-0.2, 0) is 4.79 Å². The van der Waals surface area contributed by atoms with Gasteiger partial charge in [-0.1, -0.05) is 57.0 Å². The van der Waals surface area contributed by atoms with Gasteiger partial charge in [-0.15, -0.1) is 11.8 Å². The zero-order chi connectivity index (χ0) is 19.7. The minimum Gasteiger partial charge on any atom is -0.496 e. The van der Waals surface area contributed by atoms with Crippen LogP contribution in [0.3, 0.4) is 0 Å². The van der Waals surface area contributed by atoms with Crippen molar-refractivity contribution in [2.24, 2.45) is 5.41 Å². The third-order valence-electron chi connectivity index (χ3n) is 4.96. The minimum atomic E-state index is -0.301. The third-order valence-corrected chi connectivity index (χ3v) is 6.27. The van der Waals surface area contributed by atoms with Gasteiger partial charge in [-0.05, 0) is 31.0 Å². The van der Waals surface area contributed by atoms with Crippen molar-refractivity contribution in [1.82, 2.24) is 0 Å². The van der Waals surface area contributed by atoms with Gasteiger partial charge in [-0.3, -0.25) is 4.79 Å². The summed E-state index contributed by atoms with van der Waals surface area (Å²) in [5.41, 5.74) is 0.886. The molecule has 2 rings (SSSR count). The predicted octanol–water partition coefficient (Wildman–Crippen LogP) is 5.80. The average molecular weight is 385 g/mol. The Balaban J connectivity index is 2.23. The lowest BCUT2D eigenvalue weighted by Gasteiger charge is -2.26. The third kappa shape index (κ3) is 5.46. The Bertz CT molecular complexity index is 757. The van der Waals surface area contributed by atoms with Gasteiger partial charge in [0.2, 0.25) is 0 Å². The zero-order valence-electron chi connectivity index (χ0n) is 16.4. The van der Waals surface area contributed by atoms with Gasteiger partial charge in [-0.2, -0.15) is 0 Å². The molecule has 0 aliphatic rings. The van der Waals surface area contributed by atoms with Crippen molar-refractivity contribution in [1.29, 1.82) is 0 Å². The van der Waals surface area contributed by atoms with E-state index in [0.717, 1.165) is 42.6 Å². The maximum Gasteiger partial charge on any atom is 0.196 e. The molecular weight excluding hydrogens is 356 g/mol. The lowest BCUT2D eigenvalue weighted by molar-refractivity contribution is -0.115. The standard InChI is InChI=1S/C23H28O3S/c1-4-6-14-23(5-2,16-24)17-27-19-12-13-21(26-3)20(15-19)22(25)18-10-8-7-9-11-18/h7-13,15-16H,4-6,14,17H2,1-3H3. The van der Waals surface area contributed by atoms with Crippen molar-refractivity contribution in [2.75, 3.05) is 12.9 Å². The first-order valence-corrected chi connectivity index (χ1v) is 10.4. The number of carbonyl (C=O) groups is 2. The molecule has 0 saturated carbocycles. The highest BCUT2D eigenvalue weighted by Gasteiger charge is 2.27. The second kappa shape index (κ2) is 10.3. The summed E-state index contributed by atoms with van der Waals surface area (Å²) in [4.78, 5) is 25.6. The topological polar surface area (TPSA) is 43.4 Å². The van der Waals surface area contributed by atoms with E-state index >= 15 is 0 Å². The molecule has 0 radical (unpaired) electrons. The van der Waals surface area contributed by atoms with E-state index in [1.165, 1.54) is 0 Å². The fourth-order valence-electron chi connectivity index (χ4n) is 2.98. The summed E-state index contributed by atoms with van der Waals surface area (Å²) >= 11 is 1.63. The van der Waals surface area contributed by atoms with Crippen LogP contribution in [-0.4, -0.2) is 24.9 Å². The summed E-state index contributed by atoms with van der Waals surface area (Å²) in [7, 11) is 1.57. The molecule has 144 valence electrons. The molecule has 0 amide bonds. The number of hydrogen-bond donors (Lipinski definition) is 0. The van der Waals surface area contributed by atoms with Crippen molar-refractivity contribution in [3.63, 3.8) is 0 Å². The van der Waals surface area contributed by atoms with Crippen molar-refractivity contribution < 1.29 is 14.3 Å². The average Bonchev–Trinajstić information content (AvgIpc) is 2.74. The maximum atomic E-state index is 12.9. The highest BCUT2D eigenvalue weighted by molar-refractivity contribution is 7.99. The van der Waals surface area contributed by atoms with Gasteiger partial charge in [0, 0.05) is 21.6 Å². The Hall–Kier alpha value is -2.07. The maximum absolute atomic E-state index is 12.9. The molecule has 4 heteroatoms. The quantitative estimate of drug-likeness (QED) is 0.279. The van der Waals surface area contributed by atoms with Crippen LogP contribution < -0.4 is 4.74 Å². The van der Waals surface area contributed by atoms with Crippen LogP contribution >= 0.6 is 11.8 Å². The number of unbranched alkanes of at least 4 members (excludes halogenated alkanes) is 1. The Labute approximate surface area is 166 Å². The lowest BCUT2D eigenvalue weighted by atomic mass is 9.84. The molecular formula is C23H28O3S. The van der Waals surface area contributed by atoms with E-state index in [2.05, 4.69) is 13.8 Å². The fourth-order valence-corrected chi connectivity index (χ4v) is 4.22. The van der Waals surface area contributed by atoms with Gasteiger partial charge < -0.3 is 9.53 Å². The van der Waals surface area contributed by atoms with Crippen LogP contribution in [0.15, 0.2) is 53.4 Å². The van der Waals surface area contributed by atoms with E-state index in [-0.39, 0.29) is 11.2 Å². The van der Waals surface area contributed by atoms with E-state index in [0.29, 0.717) is 16.9 Å². The Morgan fingerprint density at radius 1 is 1.15 bits per heavy atom. The van der Waals surface area contributed by atoms with Crippen molar-refractivity contribution in [2.45, 2.75) is 44.4 Å². The normalized spacial score (nSPS) is 13.0. The molecule has 0 fully saturated rings. The second-order valence-corrected chi connectivity index (χ2v) is 7.83. The summed E-state index contributed by atoms with van der Waals surface area (Å²) < 4.78 is 5.40. The Kier molecular flexibility index (Phi) is 8.11.